The Hall–Kier alpha value is -3.45. The Labute approximate surface area is 168 Å². The van der Waals surface area contributed by atoms with Crippen LogP contribution in [0.3, 0.4) is 0 Å². The van der Waals surface area contributed by atoms with Gasteiger partial charge in [0.2, 0.25) is 0 Å². The van der Waals surface area contributed by atoms with Crippen molar-refractivity contribution in [1.82, 2.24) is 4.72 Å². The number of carbonyl (C=O) groups excluding carboxylic acids is 1. The molecule has 1 N–H and O–H groups in total. The van der Waals surface area contributed by atoms with Crippen LogP contribution in [-0.2, 0) is 26.2 Å². The number of nitrogens with zero attached hydrogens (tertiary/aromatic N) is 1. The summed E-state index contributed by atoms with van der Waals surface area (Å²) in [6.45, 7) is -0.143. The smallest absolute Gasteiger partial charge is 0.328 e. The molecule has 6 nitrogen and oxygen atoms in total. The standard InChI is InChI=1S/C22H18N2O4S/c25-21(14-23-22-19-8-4-5-9-20(19)29(26,27)24-22)28-15-16-10-12-18(13-11-16)17-6-2-1-3-7-17/h1-13H,14-15H2,(H,23,24). The van der Waals surface area contributed by atoms with E-state index in [0.717, 1.165) is 16.7 Å². The minimum Gasteiger partial charge on any atom is -0.459 e. The van der Waals surface area contributed by atoms with E-state index in [0.29, 0.717) is 5.56 Å². The first-order valence-corrected chi connectivity index (χ1v) is 10.5. The van der Waals surface area contributed by atoms with E-state index >= 15 is 0 Å². The third kappa shape index (κ3) is 4.20. The molecule has 0 unspecified atom stereocenters. The van der Waals surface area contributed by atoms with Gasteiger partial charge in [0.1, 0.15) is 19.0 Å². The summed E-state index contributed by atoms with van der Waals surface area (Å²) in [4.78, 5) is 16.3. The summed E-state index contributed by atoms with van der Waals surface area (Å²) in [7, 11) is -3.62. The van der Waals surface area contributed by atoms with Gasteiger partial charge in [-0.05, 0) is 28.8 Å². The van der Waals surface area contributed by atoms with E-state index in [4.69, 9.17) is 4.74 Å². The van der Waals surface area contributed by atoms with Crippen molar-refractivity contribution in [3.63, 3.8) is 0 Å². The van der Waals surface area contributed by atoms with Gasteiger partial charge in [0.15, 0.2) is 0 Å². The molecule has 4 rings (SSSR count). The summed E-state index contributed by atoms with van der Waals surface area (Å²) in [6, 6.07) is 24.3. The van der Waals surface area contributed by atoms with E-state index < -0.39 is 16.0 Å². The molecule has 0 saturated heterocycles. The lowest BCUT2D eigenvalue weighted by molar-refractivity contribution is -0.143. The minimum absolute atomic E-state index is 0.126. The number of esters is 1. The number of amidine groups is 1. The number of hydrogen-bond acceptors (Lipinski definition) is 5. The normalized spacial score (nSPS) is 15.5. The van der Waals surface area contributed by atoms with Crippen LogP contribution < -0.4 is 4.72 Å². The summed E-state index contributed by atoms with van der Waals surface area (Å²) < 4.78 is 31.7. The molecular formula is C22H18N2O4S. The third-order valence-electron chi connectivity index (χ3n) is 4.49. The van der Waals surface area contributed by atoms with Gasteiger partial charge < -0.3 is 4.74 Å². The predicted molar refractivity (Wildman–Crippen MR) is 110 cm³/mol. The quantitative estimate of drug-likeness (QED) is 0.660. The zero-order chi connectivity index (χ0) is 20.3. The van der Waals surface area contributed by atoms with Gasteiger partial charge in [0, 0.05) is 5.56 Å². The van der Waals surface area contributed by atoms with Crippen molar-refractivity contribution in [2.24, 2.45) is 4.99 Å². The highest BCUT2D eigenvalue weighted by atomic mass is 32.2. The first-order valence-electron chi connectivity index (χ1n) is 8.99. The number of ether oxygens (including phenoxy) is 1. The molecule has 1 aliphatic heterocycles. The highest BCUT2D eigenvalue weighted by Gasteiger charge is 2.30. The van der Waals surface area contributed by atoms with Gasteiger partial charge in [-0.25, -0.2) is 8.42 Å². The summed E-state index contributed by atoms with van der Waals surface area (Å²) in [5.41, 5.74) is 3.51. The molecule has 7 heteroatoms. The summed E-state index contributed by atoms with van der Waals surface area (Å²) in [5, 5.41) is 0. The SMILES string of the molecule is O=C(CN=C1NS(=O)(=O)c2ccccc21)OCc1ccc(-c2ccccc2)cc1. The van der Waals surface area contributed by atoms with Gasteiger partial charge >= 0.3 is 5.97 Å². The summed E-state index contributed by atoms with van der Waals surface area (Å²) >= 11 is 0. The number of hydrogen-bond donors (Lipinski definition) is 1. The van der Waals surface area contributed by atoms with Gasteiger partial charge in [0.25, 0.3) is 10.0 Å². The molecule has 3 aromatic rings. The molecule has 0 atom stereocenters. The molecule has 1 heterocycles. The predicted octanol–water partition coefficient (Wildman–Crippen LogP) is 3.14. The van der Waals surface area contributed by atoms with Gasteiger partial charge in [-0.3, -0.25) is 14.5 Å². The maximum Gasteiger partial charge on any atom is 0.328 e. The zero-order valence-electron chi connectivity index (χ0n) is 15.4. The Morgan fingerprint density at radius 1 is 0.862 bits per heavy atom. The Balaban J connectivity index is 1.36. The second-order valence-electron chi connectivity index (χ2n) is 6.49. The number of benzene rings is 3. The second-order valence-corrected chi connectivity index (χ2v) is 8.14. The number of fused-ring (bicyclic) bond motifs is 1. The van der Waals surface area contributed by atoms with Crippen LogP contribution in [0.25, 0.3) is 11.1 Å². The van der Waals surface area contributed by atoms with Crippen LogP contribution in [0.1, 0.15) is 11.1 Å². The van der Waals surface area contributed by atoms with Crippen LogP contribution >= 0.6 is 0 Å². The number of carbonyl (C=O) groups is 1. The summed E-state index contributed by atoms with van der Waals surface area (Å²) in [5.74, 6) is -0.377. The van der Waals surface area contributed by atoms with Gasteiger partial charge in [-0.1, -0.05) is 66.7 Å². The van der Waals surface area contributed by atoms with Crippen molar-refractivity contribution in [1.29, 1.82) is 0 Å². The van der Waals surface area contributed by atoms with E-state index in [9.17, 15) is 13.2 Å². The van der Waals surface area contributed by atoms with Crippen molar-refractivity contribution >= 4 is 21.8 Å². The molecule has 0 saturated carbocycles. The molecule has 1 aliphatic rings. The molecule has 146 valence electrons. The van der Waals surface area contributed by atoms with E-state index in [1.807, 2.05) is 54.6 Å². The molecule has 0 fully saturated rings. The number of rotatable bonds is 5. The summed E-state index contributed by atoms with van der Waals surface area (Å²) in [6.07, 6.45) is 0. The monoisotopic (exact) mass is 406 g/mol. The fraction of sp³-hybridized carbons (Fsp3) is 0.0909. The number of aliphatic imine (C=N–C) groups is 1. The number of sulfonamides is 1. The maximum absolute atomic E-state index is 12.0. The largest absolute Gasteiger partial charge is 0.459 e. The molecule has 0 amide bonds. The minimum atomic E-state index is -3.62. The van der Waals surface area contributed by atoms with Crippen molar-refractivity contribution < 1.29 is 17.9 Å². The molecule has 0 radical (unpaired) electrons. The van der Waals surface area contributed by atoms with Gasteiger partial charge in [0.05, 0.1) is 4.90 Å². The average Bonchev–Trinajstić information content (AvgIpc) is 3.02. The fourth-order valence-electron chi connectivity index (χ4n) is 3.03. The fourth-order valence-corrected chi connectivity index (χ4v) is 4.28. The molecule has 3 aromatic carbocycles. The topological polar surface area (TPSA) is 84.8 Å². The van der Waals surface area contributed by atoms with Crippen molar-refractivity contribution in [3.8, 4) is 11.1 Å². The average molecular weight is 406 g/mol. The Bertz CT molecular complexity index is 1170. The van der Waals surface area contributed by atoms with E-state index in [-0.39, 0.29) is 23.9 Å². The molecule has 0 aliphatic carbocycles. The second kappa shape index (κ2) is 7.89. The van der Waals surface area contributed by atoms with Crippen molar-refractivity contribution in [2.75, 3.05) is 6.54 Å². The van der Waals surface area contributed by atoms with Crippen LogP contribution in [0, 0.1) is 0 Å². The highest BCUT2D eigenvalue weighted by molar-refractivity contribution is 7.90. The molecule has 0 spiro atoms. The molecule has 0 bridgehead atoms. The van der Waals surface area contributed by atoms with E-state index in [2.05, 4.69) is 9.71 Å². The van der Waals surface area contributed by atoms with Crippen LogP contribution in [-0.4, -0.2) is 26.8 Å². The van der Waals surface area contributed by atoms with Crippen LogP contribution in [0.4, 0.5) is 0 Å². The van der Waals surface area contributed by atoms with Gasteiger partial charge in [-0.15, -0.1) is 0 Å². The van der Waals surface area contributed by atoms with Crippen LogP contribution in [0.5, 0.6) is 0 Å². The maximum atomic E-state index is 12.0. The van der Waals surface area contributed by atoms with Gasteiger partial charge in [-0.2, -0.15) is 0 Å². The molecular weight excluding hydrogens is 388 g/mol. The van der Waals surface area contributed by atoms with Crippen LogP contribution in [0.15, 0.2) is 88.8 Å². The Morgan fingerprint density at radius 3 is 2.28 bits per heavy atom. The van der Waals surface area contributed by atoms with E-state index in [1.54, 1.807) is 18.2 Å². The van der Waals surface area contributed by atoms with E-state index in [1.165, 1.54) is 6.07 Å². The lowest BCUT2D eigenvalue weighted by atomic mass is 10.0. The first-order chi connectivity index (χ1) is 14.0. The first kappa shape index (κ1) is 18.9. The van der Waals surface area contributed by atoms with Crippen molar-refractivity contribution in [3.05, 3.63) is 90.0 Å². The molecule has 0 aromatic heterocycles. The Morgan fingerprint density at radius 2 is 1.52 bits per heavy atom. The van der Waals surface area contributed by atoms with Crippen LogP contribution in [0.2, 0.25) is 0 Å². The lowest BCUT2D eigenvalue weighted by Crippen LogP contribution is -2.23. The van der Waals surface area contributed by atoms with Crippen molar-refractivity contribution in [2.45, 2.75) is 11.5 Å². The molecule has 29 heavy (non-hydrogen) atoms. The highest BCUT2D eigenvalue weighted by Crippen LogP contribution is 2.22. The zero-order valence-corrected chi connectivity index (χ0v) is 16.2. The lowest BCUT2D eigenvalue weighted by Gasteiger charge is -2.06. The third-order valence-corrected chi connectivity index (χ3v) is 5.89. The Kier molecular flexibility index (Phi) is 5.14. The number of nitrogens with one attached hydrogen (secondary N) is 1.